The first-order valence-corrected chi connectivity index (χ1v) is 7.11. The lowest BCUT2D eigenvalue weighted by Gasteiger charge is -2.12. The number of rotatable bonds is 4. The van der Waals surface area contributed by atoms with Crippen LogP contribution in [0, 0.1) is 0 Å². The molecule has 0 aromatic heterocycles. The highest BCUT2D eigenvalue weighted by Crippen LogP contribution is 2.28. The van der Waals surface area contributed by atoms with Crippen molar-refractivity contribution in [2.24, 2.45) is 0 Å². The number of hydrogen-bond acceptors (Lipinski definition) is 3. The van der Waals surface area contributed by atoms with Crippen LogP contribution >= 0.6 is 11.8 Å². The first kappa shape index (κ1) is 11.8. The molecule has 16 heavy (non-hydrogen) atoms. The zero-order valence-electron chi connectivity index (χ0n) is 9.65. The van der Waals surface area contributed by atoms with Crippen LogP contribution in [0.3, 0.4) is 0 Å². The number of aromatic hydroxyl groups is 1. The first-order valence-electron chi connectivity index (χ1n) is 5.82. The van der Waals surface area contributed by atoms with E-state index in [9.17, 15) is 5.11 Å². The van der Waals surface area contributed by atoms with Crippen molar-refractivity contribution in [3.8, 4) is 5.75 Å². The zero-order chi connectivity index (χ0) is 11.4. The molecule has 1 aromatic rings. The summed E-state index contributed by atoms with van der Waals surface area (Å²) in [6.07, 6.45) is 6.13. The molecule has 3 heteroatoms. The summed E-state index contributed by atoms with van der Waals surface area (Å²) in [6.45, 7) is 0.909. The number of benzene rings is 1. The molecule has 2 atom stereocenters. The molecule has 2 unspecified atom stereocenters. The van der Waals surface area contributed by atoms with Gasteiger partial charge in [0.15, 0.2) is 0 Å². The van der Waals surface area contributed by atoms with Crippen molar-refractivity contribution in [3.05, 3.63) is 29.8 Å². The van der Waals surface area contributed by atoms with Gasteiger partial charge in [0.25, 0.3) is 0 Å². The molecule has 1 aliphatic rings. The minimum Gasteiger partial charge on any atom is -0.508 e. The van der Waals surface area contributed by atoms with Gasteiger partial charge in [-0.25, -0.2) is 0 Å². The average Bonchev–Trinajstić information content (AvgIpc) is 2.76. The van der Waals surface area contributed by atoms with Gasteiger partial charge in [0.2, 0.25) is 0 Å². The van der Waals surface area contributed by atoms with E-state index in [1.54, 1.807) is 12.1 Å². The molecule has 1 aromatic carbocycles. The van der Waals surface area contributed by atoms with E-state index in [0.29, 0.717) is 11.8 Å². The summed E-state index contributed by atoms with van der Waals surface area (Å²) in [5.74, 6) is 0.340. The second kappa shape index (κ2) is 5.60. The number of phenolic OH excluding ortho intramolecular Hbond substituents is 1. The highest BCUT2D eigenvalue weighted by Gasteiger charge is 2.22. The Bertz CT molecular complexity index is 325. The molecule has 0 bridgehead atoms. The lowest BCUT2D eigenvalue weighted by Crippen LogP contribution is -2.26. The monoisotopic (exact) mass is 237 g/mol. The standard InChI is InChI=1S/C13H19NOS/c1-16-13-7-4-11(8-13)14-9-10-2-5-12(15)6-3-10/h2-3,5-6,11,13-15H,4,7-9H2,1H3. The zero-order valence-corrected chi connectivity index (χ0v) is 10.5. The van der Waals surface area contributed by atoms with Gasteiger partial charge in [0.1, 0.15) is 5.75 Å². The number of thioether (sulfide) groups is 1. The van der Waals surface area contributed by atoms with Crippen molar-refractivity contribution in [2.75, 3.05) is 6.26 Å². The normalized spacial score (nSPS) is 24.8. The van der Waals surface area contributed by atoms with Gasteiger partial charge in [0.05, 0.1) is 0 Å². The molecule has 0 saturated heterocycles. The molecular formula is C13H19NOS. The summed E-state index contributed by atoms with van der Waals surface area (Å²) < 4.78 is 0. The number of hydrogen-bond donors (Lipinski definition) is 2. The molecule has 0 heterocycles. The van der Waals surface area contributed by atoms with Gasteiger partial charge >= 0.3 is 0 Å². The molecule has 0 radical (unpaired) electrons. The van der Waals surface area contributed by atoms with E-state index in [0.717, 1.165) is 11.8 Å². The molecule has 2 rings (SSSR count). The lowest BCUT2D eigenvalue weighted by atomic mass is 10.2. The summed E-state index contributed by atoms with van der Waals surface area (Å²) in [4.78, 5) is 0. The fourth-order valence-corrected chi connectivity index (χ4v) is 3.01. The predicted molar refractivity (Wildman–Crippen MR) is 69.9 cm³/mol. The van der Waals surface area contributed by atoms with E-state index in [-0.39, 0.29) is 0 Å². The summed E-state index contributed by atoms with van der Waals surface area (Å²) in [6, 6.07) is 8.12. The van der Waals surface area contributed by atoms with Gasteiger partial charge in [0, 0.05) is 17.8 Å². The summed E-state index contributed by atoms with van der Waals surface area (Å²) in [7, 11) is 0. The van der Waals surface area contributed by atoms with Crippen LogP contribution < -0.4 is 5.32 Å². The summed E-state index contributed by atoms with van der Waals surface area (Å²) in [5, 5.41) is 13.6. The van der Waals surface area contributed by atoms with Gasteiger partial charge in [-0.3, -0.25) is 0 Å². The minimum atomic E-state index is 0.340. The summed E-state index contributed by atoms with van der Waals surface area (Å²) in [5.41, 5.74) is 1.24. The Morgan fingerprint density at radius 2 is 2.06 bits per heavy atom. The molecular weight excluding hydrogens is 218 g/mol. The molecule has 1 saturated carbocycles. The van der Waals surface area contributed by atoms with Crippen LogP contribution in [-0.4, -0.2) is 22.7 Å². The van der Waals surface area contributed by atoms with Crippen LogP contribution in [0.25, 0.3) is 0 Å². The van der Waals surface area contributed by atoms with Crippen LogP contribution in [0.2, 0.25) is 0 Å². The van der Waals surface area contributed by atoms with Crippen molar-refractivity contribution in [1.29, 1.82) is 0 Å². The third-order valence-corrected chi connectivity index (χ3v) is 4.34. The number of nitrogens with one attached hydrogen (secondary N) is 1. The Balaban J connectivity index is 1.77. The van der Waals surface area contributed by atoms with Crippen molar-refractivity contribution >= 4 is 11.8 Å². The van der Waals surface area contributed by atoms with E-state index in [4.69, 9.17) is 0 Å². The van der Waals surface area contributed by atoms with E-state index < -0.39 is 0 Å². The predicted octanol–water partition coefficient (Wildman–Crippen LogP) is 2.77. The maximum absolute atomic E-state index is 9.18. The van der Waals surface area contributed by atoms with Crippen LogP contribution in [0.1, 0.15) is 24.8 Å². The third kappa shape index (κ3) is 3.16. The van der Waals surface area contributed by atoms with Gasteiger partial charge in [-0.15, -0.1) is 0 Å². The number of phenols is 1. The topological polar surface area (TPSA) is 32.3 Å². The van der Waals surface area contributed by atoms with Gasteiger partial charge in [-0.1, -0.05) is 12.1 Å². The Kier molecular flexibility index (Phi) is 4.13. The Labute approximate surface area is 101 Å². The fourth-order valence-electron chi connectivity index (χ4n) is 2.22. The van der Waals surface area contributed by atoms with Crippen LogP contribution in [0.15, 0.2) is 24.3 Å². The van der Waals surface area contributed by atoms with E-state index in [1.807, 2.05) is 23.9 Å². The molecule has 0 aliphatic heterocycles. The molecule has 2 nitrogen and oxygen atoms in total. The van der Waals surface area contributed by atoms with Crippen molar-refractivity contribution < 1.29 is 5.11 Å². The Morgan fingerprint density at radius 3 is 2.69 bits per heavy atom. The smallest absolute Gasteiger partial charge is 0.115 e. The summed E-state index contributed by atoms with van der Waals surface area (Å²) >= 11 is 1.99. The van der Waals surface area contributed by atoms with E-state index in [1.165, 1.54) is 24.8 Å². The van der Waals surface area contributed by atoms with Gasteiger partial charge in [-0.2, -0.15) is 11.8 Å². The minimum absolute atomic E-state index is 0.340. The van der Waals surface area contributed by atoms with Crippen molar-refractivity contribution in [2.45, 2.75) is 37.1 Å². The van der Waals surface area contributed by atoms with E-state index >= 15 is 0 Å². The third-order valence-electron chi connectivity index (χ3n) is 3.25. The Morgan fingerprint density at radius 1 is 1.31 bits per heavy atom. The van der Waals surface area contributed by atoms with Crippen LogP contribution in [-0.2, 0) is 6.54 Å². The maximum Gasteiger partial charge on any atom is 0.115 e. The molecule has 1 aliphatic carbocycles. The van der Waals surface area contributed by atoms with Crippen LogP contribution in [0.4, 0.5) is 0 Å². The maximum atomic E-state index is 9.18. The molecule has 2 N–H and O–H groups in total. The highest BCUT2D eigenvalue weighted by molar-refractivity contribution is 7.99. The van der Waals surface area contributed by atoms with Crippen LogP contribution in [0.5, 0.6) is 5.75 Å². The average molecular weight is 237 g/mol. The van der Waals surface area contributed by atoms with Crippen molar-refractivity contribution in [1.82, 2.24) is 5.32 Å². The van der Waals surface area contributed by atoms with Gasteiger partial charge < -0.3 is 10.4 Å². The SMILES string of the molecule is CSC1CCC(NCc2ccc(O)cc2)C1. The molecule has 0 spiro atoms. The first-order chi connectivity index (χ1) is 7.78. The Hall–Kier alpha value is -0.670. The second-order valence-corrected chi connectivity index (χ2v) is 5.55. The highest BCUT2D eigenvalue weighted by atomic mass is 32.2. The van der Waals surface area contributed by atoms with Crippen molar-refractivity contribution in [3.63, 3.8) is 0 Å². The lowest BCUT2D eigenvalue weighted by molar-refractivity contribution is 0.474. The van der Waals surface area contributed by atoms with Gasteiger partial charge in [-0.05, 0) is 43.2 Å². The molecule has 1 fully saturated rings. The van der Waals surface area contributed by atoms with E-state index in [2.05, 4.69) is 11.6 Å². The molecule has 88 valence electrons. The molecule has 0 amide bonds. The second-order valence-electron chi connectivity index (χ2n) is 4.42. The largest absolute Gasteiger partial charge is 0.508 e. The quantitative estimate of drug-likeness (QED) is 0.844. The fraction of sp³-hybridized carbons (Fsp3) is 0.538.